The molecule has 2 aromatic heterocycles. The lowest BCUT2D eigenvalue weighted by molar-refractivity contribution is 0.0940. The van der Waals surface area contributed by atoms with Crippen LogP contribution in [0.3, 0.4) is 0 Å². The number of aromatic amines is 1. The van der Waals surface area contributed by atoms with Gasteiger partial charge in [-0.2, -0.15) is 0 Å². The summed E-state index contributed by atoms with van der Waals surface area (Å²) in [6.45, 7) is 6.96. The average molecular weight is 364 g/mol. The molecule has 0 bridgehead atoms. The molecule has 0 radical (unpaired) electrons. The number of aryl methyl sites for hydroxylation is 1. The summed E-state index contributed by atoms with van der Waals surface area (Å²) >= 11 is 0. The maximum absolute atomic E-state index is 13.1. The quantitative estimate of drug-likeness (QED) is 0.610. The van der Waals surface area contributed by atoms with E-state index in [9.17, 15) is 9.59 Å². The van der Waals surface area contributed by atoms with Crippen LogP contribution in [0.4, 0.5) is 0 Å². The van der Waals surface area contributed by atoms with E-state index in [1.54, 1.807) is 13.2 Å². The number of hydrogen-bond acceptors (Lipinski definition) is 4. The number of nitrogens with one attached hydrogen (secondary N) is 2. The number of H-pyrrole nitrogens is 1. The Morgan fingerprint density at radius 2 is 1.78 bits per heavy atom. The molecule has 0 amide bonds. The Labute approximate surface area is 158 Å². The molecule has 2 N–H and O–H groups in total. The summed E-state index contributed by atoms with van der Waals surface area (Å²) < 4.78 is 5.59. The topological polar surface area (TPSA) is 75.1 Å². The third kappa shape index (κ3) is 3.78. The van der Waals surface area contributed by atoms with Gasteiger partial charge in [0.05, 0.1) is 24.0 Å². The number of ketones is 2. The van der Waals surface area contributed by atoms with Gasteiger partial charge in [-0.15, -0.1) is 0 Å². The Morgan fingerprint density at radius 3 is 2.33 bits per heavy atom. The summed E-state index contributed by atoms with van der Waals surface area (Å²) in [5.41, 5.74) is 3.50. The van der Waals surface area contributed by atoms with Crippen LogP contribution >= 0.6 is 0 Å². The van der Waals surface area contributed by atoms with E-state index in [-0.39, 0.29) is 17.6 Å². The van der Waals surface area contributed by atoms with Crippen molar-refractivity contribution in [3.05, 3.63) is 82.6 Å². The van der Waals surface area contributed by atoms with Crippen LogP contribution in [0.1, 0.15) is 63.3 Å². The SMILES string of the molecule is CC(=O)c1c(C)[nH]c(C(=O)[C@@H](C)N[C@@H](c2ccccc2)c2ccco2)c1C. The molecule has 140 valence electrons. The van der Waals surface area contributed by atoms with Crippen molar-refractivity contribution < 1.29 is 14.0 Å². The highest BCUT2D eigenvalue weighted by atomic mass is 16.3. The fraction of sp³-hybridized carbons (Fsp3) is 0.273. The van der Waals surface area contributed by atoms with Gasteiger partial charge in [-0.25, -0.2) is 0 Å². The molecule has 3 aromatic rings. The standard InChI is InChI=1S/C22H24N2O3/c1-13-19(16(4)25)14(2)23-20(13)22(26)15(3)24-21(18-11-8-12-27-18)17-9-6-5-7-10-17/h5-12,15,21,23-24H,1-4H3/t15-,21+/m1/s1. The van der Waals surface area contributed by atoms with E-state index in [0.717, 1.165) is 17.0 Å². The van der Waals surface area contributed by atoms with Crippen molar-refractivity contribution in [1.82, 2.24) is 10.3 Å². The zero-order chi connectivity index (χ0) is 19.6. The van der Waals surface area contributed by atoms with E-state index in [1.165, 1.54) is 6.92 Å². The minimum atomic E-state index is -0.475. The minimum Gasteiger partial charge on any atom is -0.467 e. The van der Waals surface area contributed by atoms with Crippen LogP contribution in [0, 0.1) is 13.8 Å². The number of furan rings is 1. The van der Waals surface area contributed by atoms with Crippen LogP contribution < -0.4 is 5.32 Å². The van der Waals surface area contributed by atoms with Crippen LogP contribution in [0.15, 0.2) is 53.1 Å². The Hall–Kier alpha value is -2.92. The molecule has 27 heavy (non-hydrogen) atoms. The summed E-state index contributed by atoms with van der Waals surface area (Å²) in [6.07, 6.45) is 1.62. The van der Waals surface area contributed by atoms with Crippen LogP contribution in [0.2, 0.25) is 0 Å². The maximum atomic E-state index is 13.1. The summed E-state index contributed by atoms with van der Waals surface area (Å²) in [4.78, 5) is 28.0. The lowest BCUT2D eigenvalue weighted by Gasteiger charge is -2.21. The second-order valence-corrected chi connectivity index (χ2v) is 6.79. The number of carbonyl (C=O) groups is 2. The molecule has 0 saturated heterocycles. The molecular formula is C22H24N2O3. The second-order valence-electron chi connectivity index (χ2n) is 6.79. The largest absolute Gasteiger partial charge is 0.467 e. The Balaban J connectivity index is 1.88. The molecule has 0 unspecified atom stereocenters. The van der Waals surface area contributed by atoms with Gasteiger partial charge >= 0.3 is 0 Å². The predicted octanol–water partition coefficient (Wildman–Crippen LogP) is 4.38. The normalized spacial score (nSPS) is 13.3. The van der Waals surface area contributed by atoms with Gasteiger partial charge in [0.2, 0.25) is 0 Å². The van der Waals surface area contributed by atoms with Gasteiger partial charge in [-0.3, -0.25) is 14.9 Å². The Bertz CT molecular complexity index is 940. The molecule has 5 nitrogen and oxygen atoms in total. The van der Waals surface area contributed by atoms with E-state index in [1.807, 2.05) is 56.3 Å². The van der Waals surface area contributed by atoms with Crippen LogP contribution in [0.25, 0.3) is 0 Å². The van der Waals surface area contributed by atoms with Gasteiger partial charge in [0.15, 0.2) is 11.6 Å². The lowest BCUT2D eigenvalue weighted by atomic mass is 10.00. The highest BCUT2D eigenvalue weighted by Gasteiger charge is 2.27. The van der Waals surface area contributed by atoms with Gasteiger partial charge < -0.3 is 9.40 Å². The van der Waals surface area contributed by atoms with Crippen LogP contribution in [0.5, 0.6) is 0 Å². The van der Waals surface area contributed by atoms with Crippen LogP contribution in [-0.4, -0.2) is 22.6 Å². The van der Waals surface area contributed by atoms with Gasteiger partial charge in [-0.05, 0) is 51.0 Å². The van der Waals surface area contributed by atoms with Crippen molar-refractivity contribution in [2.24, 2.45) is 0 Å². The predicted molar refractivity (Wildman–Crippen MR) is 104 cm³/mol. The number of rotatable bonds is 7. The van der Waals surface area contributed by atoms with Crippen molar-refractivity contribution in [3.8, 4) is 0 Å². The summed E-state index contributed by atoms with van der Waals surface area (Å²) in [5, 5.41) is 3.37. The number of aromatic nitrogens is 1. The molecule has 2 atom stereocenters. The fourth-order valence-corrected chi connectivity index (χ4v) is 3.51. The van der Waals surface area contributed by atoms with Gasteiger partial charge in [0.25, 0.3) is 0 Å². The number of hydrogen-bond donors (Lipinski definition) is 2. The van der Waals surface area contributed by atoms with E-state index in [0.29, 0.717) is 16.8 Å². The Morgan fingerprint density at radius 1 is 1.07 bits per heavy atom. The molecule has 3 rings (SSSR count). The smallest absolute Gasteiger partial charge is 0.195 e. The molecule has 5 heteroatoms. The zero-order valence-corrected chi connectivity index (χ0v) is 16.0. The highest BCUT2D eigenvalue weighted by Crippen LogP contribution is 2.25. The van der Waals surface area contributed by atoms with Crippen molar-refractivity contribution in [2.45, 2.75) is 39.8 Å². The third-order valence-electron chi connectivity index (χ3n) is 4.81. The molecule has 0 spiro atoms. The zero-order valence-electron chi connectivity index (χ0n) is 16.0. The van der Waals surface area contributed by atoms with E-state index in [2.05, 4.69) is 10.3 Å². The number of benzene rings is 1. The van der Waals surface area contributed by atoms with E-state index >= 15 is 0 Å². The van der Waals surface area contributed by atoms with Crippen molar-refractivity contribution in [2.75, 3.05) is 0 Å². The van der Waals surface area contributed by atoms with E-state index < -0.39 is 6.04 Å². The van der Waals surface area contributed by atoms with Crippen LogP contribution in [-0.2, 0) is 0 Å². The third-order valence-corrected chi connectivity index (χ3v) is 4.81. The first-order chi connectivity index (χ1) is 12.9. The van der Waals surface area contributed by atoms with Crippen molar-refractivity contribution >= 4 is 11.6 Å². The average Bonchev–Trinajstić information content (AvgIpc) is 3.27. The lowest BCUT2D eigenvalue weighted by Crippen LogP contribution is -2.37. The fourth-order valence-electron chi connectivity index (χ4n) is 3.51. The first kappa shape index (κ1) is 18.9. The molecule has 0 aliphatic rings. The molecule has 0 saturated carbocycles. The molecule has 0 aliphatic carbocycles. The molecule has 0 aliphatic heterocycles. The number of Topliss-reactive ketones (excluding diaryl/α,β-unsaturated/α-hetero) is 2. The summed E-state index contributed by atoms with van der Waals surface area (Å²) in [7, 11) is 0. The van der Waals surface area contributed by atoms with Crippen molar-refractivity contribution in [3.63, 3.8) is 0 Å². The van der Waals surface area contributed by atoms with Crippen molar-refractivity contribution in [1.29, 1.82) is 0 Å². The molecule has 1 aromatic carbocycles. The second kappa shape index (κ2) is 7.76. The molecule has 0 fully saturated rings. The molecule has 2 heterocycles. The molecular weight excluding hydrogens is 340 g/mol. The monoisotopic (exact) mass is 364 g/mol. The van der Waals surface area contributed by atoms with Gasteiger partial charge in [0, 0.05) is 11.3 Å². The van der Waals surface area contributed by atoms with E-state index in [4.69, 9.17) is 4.42 Å². The first-order valence-corrected chi connectivity index (χ1v) is 8.98. The summed E-state index contributed by atoms with van der Waals surface area (Å²) in [6, 6.07) is 12.8. The maximum Gasteiger partial charge on any atom is 0.195 e. The first-order valence-electron chi connectivity index (χ1n) is 8.98. The van der Waals surface area contributed by atoms with Gasteiger partial charge in [0.1, 0.15) is 5.76 Å². The summed E-state index contributed by atoms with van der Waals surface area (Å²) in [5.74, 6) is 0.610. The Kier molecular flexibility index (Phi) is 5.42. The van der Waals surface area contributed by atoms with Gasteiger partial charge in [-0.1, -0.05) is 30.3 Å². The minimum absolute atomic E-state index is 0.0429. The number of carbonyl (C=O) groups excluding carboxylic acids is 2. The highest BCUT2D eigenvalue weighted by molar-refractivity contribution is 6.05.